The van der Waals surface area contributed by atoms with Crippen LogP contribution in [-0.4, -0.2) is 61.5 Å². The van der Waals surface area contributed by atoms with Gasteiger partial charge >= 0.3 is 0 Å². The highest BCUT2D eigenvalue weighted by Crippen LogP contribution is 2.56. The van der Waals surface area contributed by atoms with Crippen molar-refractivity contribution in [3.8, 4) is 0 Å². The van der Waals surface area contributed by atoms with Gasteiger partial charge in [0.05, 0.1) is 6.04 Å². The molecule has 0 saturated heterocycles. The van der Waals surface area contributed by atoms with Gasteiger partial charge in [-0.3, -0.25) is 4.90 Å². The van der Waals surface area contributed by atoms with Gasteiger partial charge in [-0.1, -0.05) is 32.6 Å². The molecule has 1 aromatic carbocycles. The van der Waals surface area contributed by atoms with Crippen molar-refractivity contribution >= 4 is 5.69 Å². The zero-order chi connectivity index (χ0) is 28.3. The number of allylic oxidation sites excluding steroid dienone is 2. The monoisotopic (exact) mass is 520 g/mol. The highest BCUT2D eigenvalue weighted by Gasteiger charge is 2.56. The van der Waals surface area contributed by atoms with E-state index in [4.69, 9.17) is 5.73 Å². The van der Waals surface area contributed by atoms with E-state index >= 15 is 0 Å². The van der Waals surface area contributed by atoms with Crippen LogP contribution in [0.1, 0.15) is 49.4 Å². The Morgan fingerprint density at radius 2 is 1.87 bits per heavy atom. The third kappa shape index (κ3) is 4.41. The molecule has 1 aromatic rings. The minimum absolute atomic E-state index is 0.165. The summed E-state index contributed by atoms with van der Waals surface area (Å²) in [5, 5.41) is 27.4. The van der Waals surface area contributed by atoms with E-state index in [1.807, 2.05) is 19.0 Å². The second kappa shape index (κ2) is 10.2. The predicted molar refractivity (Wildman–Crippen MR) is 158 cm³/mol. The molecule has 4 rings (SSSR count). The minimum Gasteiger partial charge on any atom is -0.510 e. The Morgan fingerprint density at radius 3 is 2.42 bits per heavy atom. The molecule has 0 saturated carbocycles. The molecule has 6 heteroatoms. The average molecular weight is 521 g/mol. The maximum atomic E-state index is 12.5. The summed E-state index contributed by atoms with van der Waals surface area (Å²) in [7, 11) is 8.15. The van der Waals surface area contributed by atoms with Gasteiger partial charge < -0.3 is 26.2 Å². The highest BCUT2D eigenvalue weighted by atomic mass is 16.3. The molecule has 0 bridgehead atoms. The minimum atomic E-state index is -1.28. The fourth-order valence-electron chi connectivity index (χ4n) is 7.30. The lowest BCUT2D eigenvalue weighted by molar-refractivity contribution is -0.0194. The molecule has 6 nitrogen and oxygen atoms in total. The van der Waals surface area contributed by atoms with Crippen LogP contribution in [0.3, 0.4) is 0 Å². The molecule has 5 N–H and O–H groups in total. The van der Waals surface area contributed by atoms with E-state index in [2.05, 4.69) is 71.2 Å². The third-order valence-electron chi connectivity index (χ3n) is 9.26. The number of hydrogen-bond donors (Lipinski definition) is 4. The van der Waals surface area contributed by atoms with Gasteiger partial charge in [0.1, 0.15) is 11.4 Å². The van der Waals surface area contributed by atoms with E-state index in [0.717, 1.165) is 37.9 Å². The van der Waals surface area contributed by atoms with Gasteiger partial charge in [0.25, 0.3) is 0 Å². The maximum absolute atomic E-state index is 12.5. The molecule has 38 heavy (non-hydrogen) atoms. The summed E-state index contributed by atoms with van der Waals surface area (Å²) in [6.07, 6.45) is 2.51. The number of nitrogens with two attached hydrogens (primary N) is 1. The number of hydrogen-bond acceptors (Lipinski definition) is 6. The number of rotatable bonds is 7. The molecule has 0 spiro atoms. The topological polar surface area (TPSA) is 85.0 Å². The lowest BCUT2D eigenvalue weighted by atomic mass is 9.55. The molecule has 0 unspecified atom stereocenters. The second-order valence-corrected chi connectivity index (χ2v) is 12.6. The summed E-state index contributed by atoms with van der Waals surface area (Å²) in [6, 6.07) is 1.99. The van der Waals surface area contributed by atoms with E-state index < -0.39 is 5.60 Å². The Balaban J connectivity index is 1.85. The lowest BCUT2D eigenvalue weighted by Crippen LogP contribution is -2.58. The summed E-state index contributed by atoms with van der Waals surface area (Å²) >= 11 is 0. The van der Waals surface area contributed by atoms with Crippen molar-refractivity contribution in [2.24, 2.45) is 23.5 Å². The number of aliphatic hydroxyl groups is 2. The van der Waals surface area contributed by atoms with Gasteiger partial charge in [0.15, 0.2) is 0 Å². The van der Waals surface area contributed by atoms with Crippen molar-refractivity contribution in [2.45, 2.75) is 65.1 Å². The summed E-state index contributed by atoms with van der Waals surface area (Å²) in [4.78, 5) is 4.23. The number of benzene rings is 1. The predicted octanol–water partition coefficient (Wildman–Crippen LogP) is 4.37. The first kappa shape index (κ1) is 28.5. The van der Waals surface area contributed by atoms with Crippen molar-refractivity contribution in [1.29, 1.82) is 0 Å². The van der Waals surface area contributed by atoms with E-state index in [-0.39, 0.29) is 23.4 Å². The van der Waals surface area contributed by atoms with Crippen molar-refractivity contribution in [2.75, 3.05) is 39.6 Å². The lowest BCUT2D eigenvalue weighted by Gasteiger charge is -2.54. The Labute approximate surface area is 229 Å². The molecule has 3 aliphatic carbocycles. The first-order valence-electron chi connectivity index (χ1n) is 13.9. The van der Waals surface area contributed by atoms with E-state index in [1.165, 1.54) is 33.5 Å². The van der Waals surface area contributed by atoms with Crippen molar-refractivity contribution in [1.82, 2.24) is 10.2 Å². The maximum Gasteiger partial charge on any atom is 0.119 e. The van der Waals surface area contributed by atoms with Gasteiger partial charge in [-0.15, -0.1) is 0 Å². The summed E-state index contributed by atoms with van der Waals surface area (Å²) < 4.78 is 0. The van der Waals surface area contributed by atoms with E-state index in [9.17, 15) is 10.2 Å². The zero-order valence-corrected chi connectivity index (χ0v) is 24.7. The normalized spacial score (nSPS) is 27.0. The standard InChI is InChI=1S/C32H48N4O2/c1-17(2)15-34-16-23-13-28(35(7)8)26-11-22-12-27-30(36(9)10)31(37)29(21(6)33)20(5)32(27,38)19(4)25(22)14-24(26)18(23)3/h13,17,22,27,30,34,37-38H,5-6,11-12,14-16,33H2,1-4,7-10H3/t22-,27-,30+,32-/m0/s1. The van der Waals surface area contributed by atoms with Crippen LogP contribution in [0.5, 0.6) is 0 Å². The molecule has 208 valence electrons. The number of anilines is 1. The highest BCUT2D eigenvalue weighted by molar-refractivity contribution is 5.65. The molecule has 0 heterocycles. The van der Waals surface area contributed by atoms with Crippen molar-refractivity contribution in [3.63, 3.8) is 0 Å². The molecule has 0 aliphatic heterocycles. The van der Waals surface area contributed by atoms with Crippen LogP contribution in [0.15, 0.2) is 53.0 Å². The fraction of sp³-hybridized carbons (Fsp3) is 0.562. The molecule has 0 amide bonds. The number of nitrogens with one attached hydrogen (secondary N) is 1. The van der Waals surface area contributed by atoms with Gasteiger partial charge in [0.2, 0.25) is 0 Å². The SMILES string of the molecule is C=C(N)C1=C(O)[C@H](N(C)C)[C@@H]2C[C@@H]3Cc4c(N(C)C)cc(CNCC(C)C)c(C)c4CC3=C(C)[C@]2(O)C1=C. The Hall–Kier alpha value is -2.54. The van der Waals surface area contributed by atoms with E-state index in [1.54, 1.807) is 0 Å². The quantitative estimate of drug-likeness (QED) is 0.400. The molecule has 0 aromatic heterocycles. The van der Waals surface area contributed by atoms with Crippen molar-refractivity contribution in [3.05, 3.63) is 75.2 Å². The molecular formula is C32H48N4O2. The Morgan fingerprint density at radius 1 is 1.21 bits per heavy atom. The summed E-state index contributed by atoms with van der Waals surface area (Å²) in [5.41, 5.74) is 15.0. The second-order valence-electron chi connectivity index (χ2n) is 12.6. The number of aliphatic hydroxyl groups excluding tert-OH is 1. The smallest absolute Gasteiger partial charge is 0.119 e. The van der Waals surface area contributed by atoms with Gasteiger partial charge in [-0.25, -0.2) is 0 Å². The van der Waals surface area contributed by atoms with Gasteiger partial charge in [-0.2, -0.15) is 0 Å². The number of nitrogens with zero attached hydrogens (tertiary/aromatic N) is 2. The molecule has 0 fully saturated rings. The zero-order valence-electron chi connectivity index (χ0n) is 24.7. The number of likely N-dealkylation sites (N-methyl/N-ethyl adjacent to an activating group) is 1. The largest absolute Gasteiger partial charge is 0.510 e. The van der Waals surface area contributed by atoms with Crippen LogP contribution in [0.25, 0.3) is 0 Å². The first-order valence-corrected chi connectivity index (χ1v) is 13.9. The molecule has 4 atom stereocenters. The van der Waals surface area contributed by atoms with Crippen LogP contribution in [0.2, 0.25) is 0 Å². The van der Waals surface area contributed by atoms with Crippen LogP contribution in [0, 0.1) is 24.7 Å². The summed E-state index contributed by atoms with van der Waals surface area (Å²) in [6.45, 7) is 18.8. The van der Waals surface area contributed by atoms with Crippen LogP contribution in [0.4, 0.5) is 5.69 Å². The first-order chi connectivity index (χ1) is 17.7. The summed E-state index contributed by atoms with van der Waals surface area (Å²) in [5.74, 6) is 0.828. The third-order valence-corrected chi connectivity index (χ3v) is 9.26. The van der Waals surface area contributed by atoms with Crippen LogP contribution >= 0.6 is 0 Å². The van der Waals surface area contributed by atoms with Crippen molar-refractivity contribution < 1.29 is 10.2 Å². The molecule has 0 radical (unpaired) electrons. The van der Waals surface area contributed by atoms with Crippen LogP contribution in [-0.2, 0) is 19.4 Å². The Bertz CT molecular complexity index is 1220. The van der Waals surface area contributed by atoms with Crippen LogP contribution < -0.4 is 16.0 Å². The van der Waals surface area contributed by atoms with E-state index in [0.29, 0.717) is 23.0 Å². The average Bonchev–Trinajstić information content (AvgIpc) is 2.81. The fourth-order valence-corrected chi connectivity index (χ4v) is 7.30. The molecular weight excluding hydrogens is 472 g/mol. The molecule has 3 aliphatic rings. The van der Waals surface area contributed by atoms with Gasteiger partial charge in [-0.05, 0) is 105 Å². The van der Waals surface area contributed by atoms with Gasteiger partial charge in [0, 0.05) is 43.5 Å². The number of fused-ring (bicyclic) bond motifs is 3. The Kier molecular flexibility index (Phi) is 7.65.